The average Bonchev–Trinajstić information content (AvgIpc) is 2.80. The number of nitrogens with zero attached hydrogens (tertiary/aromatic N) is 1. The van der Waals surface area contributed by atoms with E-state index in [1.54, 1.807) is 4.57 Å². The van der Waals surface area contributed by atoms with Crippen LogP contribution in [0.5, 0.6) is 0 Å². The van der Waals surface area contributed by atoms with Crippen molar-refractivity contribution in [1.82, 2.24) is 4.57 Å². The number of benzene rings is 2. The van der Waals surface area contributed by atoms with E-state index in [9.17, 15) is 9.59 Å². The maximum atomic E-state index is 12.3. The summed E-state index contributed by atoms with van der Waals surface area (Å²) >= 11 is 0. The lowest BCUT2D eigenvalue weighted by Crippen LogP contribution is -2.08. The molecular formula is C17H15NO2. The Hall–Kier alpha value is -2.42. The molecule has 0 spiro atoms. The molecule has 3 nitrogen and oxygen atoms in total. The Bertz CT molecular complexity index is 843. The number of para-hydroxylation sites is 1. The molecule has 0 amide bonds. The van der Waals surface area contributed by atoms with Crippen LogP contribution in [0.2, 0.25) is 0 Å². The monoisotopic (exact) mass is 265 g/mol. The fraction of sp³-hybridized carbons (Fsp3) is 0.176. The third kappa shape index (κ3) is 1.74. The maximum absolute atomic E-state index is 12.3. The SMILES string of the molecule is CCC(=O)n1c2ccccc2c2ccc(C(C)=O)cc21. The first-order chi connectivity index (χ1) is 9.63. The minimum absolute atomic E-state index is 0.00709. The number of ketones is 1. The molecule has 0 unspecified atom stereocenters. The predicted molar refractivity (Wildman–Crippen MR) is 80.4 cm³/mol. The summed E-state index contributed by atoms with van der Waals surface area (Å²) in [5, 5.41) is 2.05. The molecule has 20 heavy (non-hydrogen) atoms. The van der Waals surface area contributed by atoms with Crippen LogP contribution in [0.4, 0.5) is 0 Å². The first-order valence-electron chi connectivity index (χ1n) is 6.71. The Morgan fingerprint density at radius 3 is 2.40 bits per heavy atom. The molecule has 0 saturated carbocycles. The van der Waals surface area contributed by atoms with Crippen LogP contribution in [0.15, 0.2) is 42.5 Å². The molecule has 0 aliphatic rings. The summed E-state index contributed by atoms with van der Waals surface area (Å²) < 4.78 is 1.72. The molecule has 0 aliphatic heterocycles. The molecule has 1 aromatic heterocycles. The molecule has 0 atom stereocenters. The molecular weight excluding hydrogens is 250 g/mol. The average molecular weight is 265 g/mol. The normalized spacial score (nSPS) is 11.1. The molecule has 3 aromatic rings. The number of Topliss-reactive ketones (excluding diaryl/α,β-unsaturated/α-hetero) is 1. The van der Waals surface area contributed by atoms with Crippen LogP contribution in [-0.2, 0) is 0 Å². The molecule has 100 valence electrons. The highest BCUT2D eigenvalue weighted by Gasteiger charge is 2.15. The second kappa shape index (κ2) is 4.60. The van der Waals surface area contributed by atoms with Gasteiger partial charge in [0.1, 0.15) is 0 Å². The Balaban J connectivity index is 2.48. The quantitative estimate of drug-likeness (QED) is 0.656. The smallest absolute Gasteiger partial charge is 0.231 e. The van der Waals surface area contributed by atoms with E-state index in [0.717, 1.165) is 21.8 Å². The van der Waals surface area contributed by atoms with Gasteiger partial charge in [0.2, 0.25) is 5.91 Å². The Morgan fingerprint density at radius 2 is 1.70 bits per heavy atom. The standard InChI is InChI=1S/C17H15NO2/c1-3-17(20)18-15-7-5-4-6-13(15)14-9-8-12(11(2)19)10-16(14)18/h4-10H,3H2,1-2H3. The zero-order valence-corrected chi connectivity index (χ0v) is 11.5. The lowest BCUT2D eigenvalue weighted by atomic mass is 10.1. The van der Waals surface area contributed by atoms with E-state index in [1.807, 2.05) is 49.4 Å². The molecule has 0 aliphatic carbocycles. The molecule has 0 bridgehead atoms. The van der Waals surface area contributed by atoms with E-state index in [1.165, 1.54) is 6.92 Å². The van der Waals surface area contributed by atoms with Crippen molar-refractivity contribution >= 4 is 33.5 Å². The third-order valence-corrected chi connectivity index (χ3v) is 3.63. The minimum atomic E-state index is 0.00709. The molecule has 0 radical (unpaired) electrons. The van der Waals surface area contributed by atoms with Crippen LogP contribution in [-0.4, -0.2) is 16.3 Å². The van der Waals surface area contributed by atoms with Crippen molar-refractivity contribution in [3.63, 3.8) is 0 Å². The van der Waals surface area contributed by atoms with E-state index >= 15 is 0 Å². The van der Waals surface area contributed by atoms with Crippen LogP contribution < -0.4 is 0 Å². The van der Waals surface area contributed by atoms with Gasteiger partial charge in [-0.05, 0) is 19.1 Å². The van der Waals surface area contributed by atoms with E-state index in [0.29, 0.717) is 12.0 Å². The molecule has 2 aromatic carbocycles. The van der Waals surface area contributed by atoms with Gasteiger partial charge in [-0.2, -0.15) is 0 Å². The van der Waals surface area contributed by atoms with E-state index in [-0.39, 0.29) is 11.7 Å². The number of rotatable bonds is 2. The number of carbonyl (C=O) groups is 2. The van der Waals surface area contributed by atoms with Crippen LogP contribution in [0.3, 0.4) is 0 Å². The van der Waals surface area contributed by atoms with Gasteiger partial charge in [0.15, 0.2) is 5.78 Å². The molecule has 0 N–H and O–H groups in total. The fourth-order valence-electron chi connectivity index (χ4n) is 2.62. The highest BCUT2D eigenvalue weighted by atomic mass is 16.2. The Labute approximate surface area is 116 Å². The molecule has 0 fully saturated rings. The van der Waals surface area contributed by atoms with Crippen molar-refractivity contribution in [2.45, 2.75) is 20.3 Å². The van der Waals surface area contributed by atoms with Crippen molar-refractivity contribution in [1.29, 1.82) is 0 Å². The van der Waals surface area contributed by atoms with Crippen molar-refractivity contribution in [2.75, 3.05) is 0 Å². The summed E-state index contributed by atoms with van der Waals surface area (Å²) in [6, 6.07) is 13.4. The summed E-state index contributed by atoms with van der Waals surface area (Å²) in [4.78, 5) is 23.8. The van der Waals surface area contributed by atoms with Gasteiger partial charge in [0.05, 0.1) is 11.0 Å². The van der Waals surface area contributed by atoms with Gasteiger partial charge >= 0.3 is 0 Å². The van der Waals surface area contributed by atoms with Crippen LogP contribution >= 0.6 is 0 Å². The summed E-state index contributed by atoms with van der Waals surface area (Å²) in [5.41, 5.74) is 2.34. The zero-order chi connectivity index (χ0) is 14.3. The van der Waals surface area contributed by atoms with E-state index in [4.69, 9.17) is 0 Å². The second-order valence-corrected chi connectivity index (χ2v) is 4.89. The topological polar surface area (TPSA) is 39.1 Å². The van der Waals surface area contributed by atoms with Crippen LogP contribution in [0.25, 0.3) is 21.8 Å². The molecule has 0 saturated heterocycles. The van der Waals surface area contributed by atoms with Gasteiger partial charge in [-0.1, -0.05) is 37.3 Å². The van der Waals surface area contributed by atoms with Crippen molar-refractivity contribution in [3.05, 3.63) is 48.0 Å². The van der Waals surface area contributed by atoms with Gasteiger partial charge in [-0.3, -0.25) is 14.2 Å². The summed E-state index contributed by atoms with van der Waals surface area (Å²) in [6.07, 6.45) is 0.429. The third-order valence-electron chi connectivity index (χ3n) is 3.63. The van der Waals surface area contributed by atoms with Crippen molar-refractivity contribution in [2.24, 2.45) is 0 Å². The van der Waals surface area contributed by atoms with E-state index < -0.39 is 0 Å². The number of carbonyl (C=O) groups excluding carboxylic acids is 2. The molecule has 1 heterocycles. The zero-order valence-electron chi connectivity index (χ0n) is 11.5. The minimum Gasteiger partial charge on any atom is -0.295 e. The highest BCUT2D eigenvalue weighted by molar-refractivity contribution is 6.14. The van der Waals surface area contributed by atoms with Crippen LogP contribution in [0.1, 0.15) is 35.4 Å². The first-order valence-corrected chi connectivity index (χ1v) is 6.71. The van der Waals surface area contributed by atoms with Crippen molar-refractivity contribution in [3.8, 4) is 0 Å². The molecule has 3 heteroatoms. The van der Waals surface area contributed by atoms with Gasteiger partial charge < -0.3 is 0 Å². The maximum Gasteiger partial charge on any atom is 0.231 e. The predicted octanol–water partition coefficient (Wildman–Crippen LogP) is 4.05. The summed E-state index contributed by atoms with van der Waals surface area (Å²) in [5.74, 6) is 0.0459. The highest BCUT2D eigenvalue weighted by Crippen LogP contribution is 2.30. The lowest BCUT2D eigenvalue weighted by molar-refractivity contribution is 0.0917. The van der Waals surface area contributed by atoms with Crippen molar-refractivity contribution < 1.29 is 9.59 Å². The second-order valence-electron chi connectivity index (χ2n) is 4.89. The Morgan fingerprint density at radius 1 is 1.00 bits per heavy atom. The number of aromatic nitrogens is 1. The number of hydrogen-bond donors (Lipinski definition) is 0. The van der Waals surface area contributed by atoms with E-state index in [2.05, 4.69) is 0 Å². The van der Waals surface area contributed by atoms with Gasteiger partial charge in [0.25, 0.3) is 0 Å². The summed E-state index contributed by atoms with van der Waals surface area (Å²) in [7, 11) is 0. The lowest BCUT2D eigenvalue weighted by Gasteiger charge is -2.04. The largest absolute Gasteiger partial charge is 0.295 e. The first kappa shape index (κ1) is 12.6. The Kier molecular flexibility index (Phi) is 2.90. The number of hydrogen-bond acceptors (Lipinski definition) is 2. The molecule has 3 rings (SSSR count). The fourth-order valence-corrected chi connectivity index (χ4v) is 2.62. The van der Waals surface area contributed by atoms with Crippen LogP contribution in [0, 0.1) is 0 Å². The van der Waals surface area contributed by atoms with Gasteiger partial charge in [-0.25, -0.2) is 0 Å². The van der Waals surface area contributed by atoms with Gasteiger partial charge in [-0.15, -0.1) is 0 Å². The summed E-state index contributed by atoms with van der Waals surface area (Å²) in [6.45, 7) is 3.38. The van der Waals surface area contributed by atoms with Gasteiger partial charge in [0, 0.05) is 22.8 Å². The number of fused-ring (bicyclic) bond motifs is 3.